The first-order valence-electron chi connectivity index (χ1n) is 5.58. The molecule has 0 aliphatic heterocycles. The van der Waals surface area contributed by atoms with Gasteiger partial charge < -0.3 is 10.1 Å². The van der Waals surface area contributed by atoms with E-state index in [2.05, 4.69) is 29.8 Å². The minimum atomic E-state index is -0.366. The normalized spacial score (nSPS) is 10.5. The van der Waals surface area contributed by atoms with E-state index in [1.807, 2.05) is 6.07 Å². The van der Waals surface area contributed by atoms with Gasteiger partial charge >= 0.3 is 6.09 Å². The fraction of sp³-hybridized carbons (Fsp3) is 0.308. The van der Waals surface area contributed by atoms with Gasteiger partial charge in [-0.25, -0.2) is 4.79 Å². The topological polar surface area (TPSA) is 38.3 Å². The number of hydrogen-bond acceptors (Lipinski definition) is 3. The fourth-order valence-electron chi connectivity index (χ4n) is 1.67. The summed E-state index contributed by atoms with van der Waals surface area (Å²) in [6.45, 7) is 4.79. The van der Waals surface area contributed by atoms with Gasteiger partial charge in [-0.15, -0.1) is 11.3 Å². The lowest BCUT2D eigenvalue weighted by Crippen LogP contribution is -2.23. The van der Waals surface area contributed by atoms with E-state index >= 15 is 0 Å². The van der Waals surface area contributed by atoms with Crippen LogP contribution >= 0.6 is 11.3 Å². The lowest BCUT2D eigenvalue weighted by molar-refractivity contribution is 0.151. The number of aryl methyl sites for hydroxylation is 1. The Morgan fingerprint density at radius 3 is 3.06 bits per heavy atom. The molecule has 0 unspecified atom stereocenters. The molecule has 2 aromatic rings. The highest BCUT2D eigenvalue weighted by Crippen LogP contribution is 2.26. The number of carbonyl (C=O) groups excluding carboxylic acids is 1. The number of thiophene rings is 1. The third-order valence-corrected chi connectivity index (χ3v) is 3.63. The molecule has 0 saturated heterocycles. The first-order valence-corrected chi connectivity index (χ1v) is 6.46. The molecule has 0 aliphatic rings. The van der Waals surface area contributed by atoms with Crippen molar-refractivity contribution in [2.75, 3.05) is 6.61 Å². The number of hydrogen-bond donors (Lipinski definition) is 1. The van der Waals surface area contributed by atoms with Crippen LogP contribution < -0.4 is 5.32 Å². The molecule has 0 bridgehead atoms. The SMILES string of the molecule is CCOC(=O)NCc1ccc2scc(C)c2c1. The van der Waals surface area contributed by atoms with Gasteiger partial charge in [-0.1, -0.05) is 6.07 Å². The molecule has 1 N–H and O–H groups in total. The van der Waals surface area contributed by atoms with Crippen molar-refractivity contribution in [2.24, 2.45) is 0 Å². The molecule has 17 heavy (non-hydrogen) atoms. The lowest BCUT2D eigenvalue weighted by atomic mass is 10.1. The number of nitrogens with one attached hydrogen (secondary N) is 1. The predicted molar refractivity (Wildman–Crippen MR) is 70.4 cm³/mol. The summed E-state index contributed by atoms with van der Waals surface area (Å²) in [5.41, 5.74) is 2.37. The second-order valence-electron chi connectivity index (χ2n) is 3.82. The van der Waals surface area contributed by atoms with Crippen LogP contribution in [-0.4, -0.2) is 12.7 Å². The van der Waals surface area contributed by atoms with E-state index in [1.165, 1.54) is 15.6 Å². The Morgan fingerprint density at radius 1 is 1.47 bits per heavy atom. The van der Waals surface area contributed by atoms with Crippen molar-refractivity contribution in [2.45, 2.75) is 20.4 Å². The van der Waals surface area contributed by atoms with Crippen LogP contribution in [-0.2, 0) is 11.3 Å². The second-order valence-corrected chi connectivity index (χ2v) is 4.73. The molecular formula is C13H15NO2S. The minimum Gasteiger partial charge on any atom is -0.450 e. The summed E-state index contributed by atoms with van der Waals surface area (Å²) >= 11 is 1.74. The van der Waals surface area contributed by atoms with Crippen LogP contribution in [0.5, 0.6) is 0 Å². The van der Waals surface area contributed by atoms with Crippen LogP contribution in [0.4, 0.5) is 4.79 Å². The second kappa shape index (κ2) is 5.19. The molecule has 0 radical (unpaired) electrons. The van der Waals surface area contributed by atoms with Crippen molar-refractivity contribution >= 4 is 27.5 Å². The lowest BCUT2D eigenvalue weighted by Gasteiger charge is -2.05. The zero-order chi connectivity index (χ0) is 12.3. The van der Waals surface area contributed by atoms with Gasteiger partial charge in [-0.05, 0) is 47.9 Å². The third kappa shape index (κ3) is 2.77. The van der Waals surface area contributed by atoms with Crippen molar-refractivity contribution < 1.29 is 9.53 Å². The summed E-state index contributed by atoms with van der Waals surface area (Å²) in [5.74, 6) is 0. The Hall–Kier alpha value is -1.55. The van der Waals surface area contributed by atoms with Crippen LogP contribution in [0.3, 0.4) is 0 Å². The predicted octanol–water partition coefficient (Wildman–Crippen LogP) is 3.46. The minimum absolute atomic E-state index is 0.366. The average molecular weight is 249 g/mol. The molecule has 1 aromatic carbocycles. The van der Waals surface area contributed by atoms with E-state index in [0.717, 1.165) is 5.56 Å². The largest absolute Gasteiger partial charge is 0.450 e. The summed E-state index contributed by atoms with van der Waals surface area (Å²) in [7, 11) is 0. The number of ether oxygens (including phenoxy) is 1. The maximum atomic E-state index is 11.2. The molecule has 0 aliphatic carbocycles. The molecule has 0 fully saturated rings. The first kappa shape index (κ1) is 11.9. The zero-order valence-corrected chi connectivity index (χ0v) is 10.8. The van der Waals surface area contributed by atoms with Gasteiger partial charge in [-0.2, -0.15) is 0 Å². The molecule has 0 atom stereocenters. The Morgan fingerprint density at radius 2 is 2.29 bits per heavy atom. The van der Waals surface area contributed by atoms with Gasteiger partial charge in [-0.3, -0.25) is 0 Å². The molecule has 0 spiro atoms. The first-order chi connectivity index (χ1) is 8.20. The molecule has 1 aromatic heterocycles. The van der Waals surface area contributed by atoms with Gasteiger partial charge in [0, 0.05) is 11.2 Å². The summed E-state index contributed by atoms with van der Waals surface area (Å²) in [6.07, 6.45) is -0.366. The van der Waals surface area contributed by atoms with E-state index in [-0.39, 0.29) is 6.09 Å². The van der Waals surface area contributed by atoms with E-state index in [0.29, 0.717) is 13.2 Å². The molecule has 1 heterocycles. The van der Waals surface area contributed by atoms with Crippen molar-refractivity contribution in [3.05, 3.63) is 34.7 Å². The van der Waals surface area contributed by atoms with Crippen LogP contribution in [0.1, 0.15) is 18.1 Å². The summed E-state index contributed by atoms with van der Waals surface area (Å²) in [6, 6.07) is 6.24. The van der Waals surface area contributed by atoms with Gasteiger partial charge in [0.05, 0.1) is 6.61 Å². The maximum Gasteiger partial charge on any atom is 0.407 e. The highest BCUT2D eigenvalue weighted by Gasteiger charge is 2.03. The number of alkyl carbamates (subject to hydrolysis) is 1. The number of carbonyl (C=O) groups is 1. The third-order valence-electron chi connectivity index (χ3n) is 2.54. The number of benzene rings is 1. The molecule has 90 valence electrons. The van der Waals surface area contributed by atoms with E-state index in [1.54, 1.807) is 18.3 Å². The monoisotopic (exact) mass is 249 g/mol. The highest BCUT2D eigenvalue weighted by atomic mass is 32.1. The molecule has 2 rings (SSSR count). The van der Waals surface area contributed by atoms with Gasteiger partial charge in [0.1, 0.15) is 0 Å². The number of amides is 1. The van der Waals surface area contributed by atoms with Gasteiger partial charge in [0.2, 0.25) is 0 Å². The van der Waals surface area contributed by atoms with Crippen LogP contribution in [0.2, 0.25) is 0 Å². The van der Waals surface area contributed by atoms with E-state index in [9.17, 15) is 4.79 Å². The van der Waals surface area contributed by atoms with Crippen LogP contribution in [0.25, 0.3) is 10.1 Å². The smallest absolute Gasteiger partial charge is 0.407 e. The van der Waals surface area contributed by atoms with Crippen LogP contribution in [0.15, 0.2) is 23.6 Å². The summed E-state index contributed by atoms with van der Waals surface area (Å²) < 4.78 is 6.09. The van der Waals surface area contributed by atoms with E-state index in [4.69, 9.17) is 4.74 Å². The zero-order valence-electron chi connectivity index (χ0n) is 9.95. The fourth-order valence-corrected chi connectivity index (χ4v) is 2.59. The van der Waals surface area contributed by atoms with Gasteiger partial charge in [0.15, 0.2) is 0 Å². The Labute approximate surface area is 104 Å². The average Bonchev–Trinajstić information content (AvgIpc) is 2.69. The highest BCUT2D eigenvalue weighted by molar-refractivity contribution is 7.17. The molecule has 1 amide bonds. The van der Waals surface area contributed by atoms with Crippen molar-refractivity contribution in [3.63, 3.8) is 0 Å². The Bertz CT molecular complexity index is 533. The van der Waals surface area contributed by atoms with Gasteiger partial charge in [0.25, 0.3) is 0 Å². The summed E-state index contributed by atoms with van der Waals surface area (Å²) in [5, 5.41) is 6.13. The quantitative estimate of drug-likeness (QED) is 0.904. The molecule has 4 heteroatoms. The number of fused-ring (bicyclic) bond motifs is 1. The van der Waals surface area contributed by atoms with E-state index < -0.39 is 0 Å². The molecule has 0 saturated carbocycles. The molecule has 3 nitrogen and oxygen atoms in total. The summed E-state index contributed by atoms with van der Waals surface area (Å²) in [4.78, 5) is 11.2. The Balaban J connectivity index is 2.08. The van der Waals surface area contributed by atoms with Crippen molar-refractivity contribution in [1.29, 1.82) is 0 Å². The van der Waals surface area contributed by atoms with Crippen molar-refractivity contribution in [1.82, 2.24) is 5.32 Å². The van der Waals surface area contributed by atoms with Crippen molar-refractivity contribution in [3.8, 4) is 0 Å². The van der Waals surface area contributed by atoms with Crippen LogP contribution in [0, 0.1) is 6.92 Å². The molecular weight excluding hydrogens is 234 g/mol. The number of rotatable bonds is 3. The Kier molecular flexibility index (Phi) is 3.64. The maximum absolute atomic E-state index is 11.2. The standard InChI is InChI=1S/C13H15NO2S/c1-3-16-13(15)14-7-10-4-5-12-11(6-10)9(2)8-17-12/h4-6,8H,3,7H2,1-2H3,(H,14,15).